The summed E-state index contributed by atoms with van der Waals surface area (Å²) in [6.07, 6.45) is 1.23. The Morgan fingerprint density at radius 2 is 1.83 bits per heavy atom. The lowest BCUT2D eigenvalue weighted by Crippen LogP contribution is -1.94. The van der Waals surface area contributed by atoms with E-state index in [4.69, 9.17) is 33.5 Å². The number of aromatic nitrogens is 2. The molecule has 3 rings (SSSR count). The maximum atomic E-state index is 10.0. The highest BCUT2D eigenvalue weighted by Gasteiger charge is 2.15. The lowest BCUT2D eigenvalue weighted by molar-refractivity contribution is 0.418. The summed E-state index contributed by atoms with van der Waals surface area (Å²) in [6, 6.07) is 8.75. The smallest absolute Gasteiger partial charge is 0.261 e. The average Bonchev–Trinajstić information content (AvgIpc) is 3.01. The summed E-state index contributed by atoms with van der Waals surface area (Å²) in [5, 5.41) is 14.7. The van der Waals surface area contributed by atoms with Crippen LogP contribution in [0.2, 0.25) is 10.0 Å². The van der Waals surface area contributed by atoms with E-state index in [1.54, 1.807) is 18.2 Å². The van der Waals surface area contributed by atoms with Crippen molar-refractivity contribution < 1.29 is 9.63 Å². The van der Waals surface area contributed by atoms with E-state index in [0.29, 0.717) is 33.5 Å². The Kier molecular flexibility index (Phi) is 4.64. The van der Waals surface area contributed by atoms with Crippen LogP contribution in [0.5, 0.6) is 5.75 Å². The Morgan fingerprint density at radius 1 is 1.12 bits per heavy atom. The average molecular weight is 364 g/mol. The molecule has 0 saturated carbocycles. The minimum absolute atomic E-state index is 0.0981. The lowest BCUT2D eigenvalue weighted by atomic mass is 10.1. The second-order valence-electron chi connectivity index (χ2n) is 5.37. The van der Waals surface area contributed by atoms with Gasteiger partial charge in [-0.05, 0) is 41.8 Å². The van der Waals surface area contributed by atoms with Crippen LogP contribution in [0, 0.1) is 0 Å². The van der Waals surface area contributed by atoms with Crippen molar-refractivity contribution in [2.24, 2.45) is 0 Å². The summed E-state index contributed by atoms with van der Waals surface area (Å²) in [4.78, 5) is 4.34. The number of rotatable bonds is 4. The first kappa shape index (κ1) is 16.6. The van der Waals surface area contributed by atoms with Crippen LogP contribution in [-0.4, -0.2) is 15.2 Å². The quantitative estimate of drug-likeness (QED) is 0.667. The van der Waals surface area contributed by atoms with E-state index >= 15 is 0 Å². The number of hydrogen-bond acceptors (Lipinski definition) is 5. The van der Waals surface area contributed by atoms with E-state index in [1.807, 2.05) is 19.1 Å². The summed E-state index contributed by atoms with van der Waals surface area (Å²) in [5.74, 6) is 0.828. The fourth-order valence-electron chi connectivity index (χ4n) is 2.33. The second kappa shape index (κ2) is 6.71. The number of phenols is 1. The van der Waals surface area contributed by atoms with Crippen molar-refractivity contribution in [1.82, 2.24) is 10.1 Å². The Bertz CT molecular complexity index is 870. The fraction of sp³-hybridized carbons (Fsp3) is 0.176. The van der Waals surface area contributed by atoms with Crippen molar-refractivity contribution >= 4 is 28.9 Å². The molecule has 1 aromatic heterocycles. The molecule has 5 nitrogen and oxygen atoms in total. The maximum absolute atomic E-state index is 10.0. The Labute approximate surface area is 149 Å². The number of nitrogens with two attached hydrogens (primary N) is 1. The van der Waals surface area contributed by atoms with Gasteiger partial charge in [-0.1, -0.05) is 41.3 Å². The van der Waals surface area contributed by atoms with Crippen LogP contribution in [0.4, 0.5) is 5.69 Å². The molecular formula is C17H15Cl2N3O2. The van der Waals surface area contributed by atoms with Gasteiger partial charge in [-0.25, -0.2) is 0 Å². The SMILES string of the molecule is CCc1ccc(O)c(-c2nc(Cc3cc(Cl)c(N)c(Cl)c3)no2)c1. The van der Waals surface area contributed by atoms with Crippen molar-refractivity contribution in [3.8, 4) is 17.2 Å². The molecule has 0 unspecified atom stereocenters. The van der Waals surface area contributed by atoms with E-state index in [1.165, 1.54) is 0 Å². The Hall–Kier alpha value is -2.24. The van der Waals surface area contributed by atoms with Gasteiger partial charge in [-0.2, -0.15) is 4.98 Å². The zero-order valence-electron chi connectivity index (χ0n) is 12.9. The molecule has 1 heterocycles. The first-order chi connectivity index (χ1) is 11.5. The highest BCUT2D eigenvalue weighted by molar-refractivity contribution is 6.38. The predicted molar refractivity (Wildman–Crippen MR) is 94.5 cm³/mol. The molecule has 0 aliphatic heterocycles. The number of anilines is 1. The van der Waals surface area contributed by atoms with Crippen LogP contribution in [0.15, 0.2) is 34.9 Å². The van der Waals surface area contributed by atoms with Crippen molar-refractivity contribution in [3.05, 3.63) is 57.3 Å². The minimum Gasteiger partial charge on any atom is -0.507 e. The normalized spacial score (nSPS) is 11.0. The standard InChI is InChI=1S/C17H15Cl2N3O2/c1-2-9-3-4-14(23)11(5-9)17-21-15(22-24-17)8-10-6-12(18)16(20)13(19)7-10/h3-7,23H,2,8,20H2,1H3. The molecule has 2 aromatic carbocycles. The molecule has 0 amide bonds. The molecule has 0 spiro atoms. The predicted octanol–water partition coefficient (Wildman–Crippen LogP) is 4.48. The first-order valence-corrected chi connectivity index (χ1v) is 8.11. The third-order valence-electron chi connectivity index (χ3n) is 3.67. The van der Waals surface area contributed by atoms with Crippen LogP contribution >= 0.6 is 23.2 Å². The van der Waals surface area contributed by atoms with Crippen LogP contribution in [-0.2, 0) is 12.8 Å². The number of phenolic OH excluding ortho intramolecular Hbond substituents is 1. The van der Waals surface area contributed by atoms with Gasteiger partial charge >= 0.3 is 0 Å². The number of halogens is 2. The van der Waals surface area contributed by atoms with Crippen molar-refractivity contribution in [2.45, 2.75) is 19.8 Å². The second-order valence-corrected chi connectivity index (χ2v) is 6.19. The van der Waals surface area contributed by atoms with Gasteiger partial charge in [0.2, 0.25) is 0 Å². The third-order valence-corrected chi connectivity index (χ3v) is 4.29. The summed E-state index contributed by atoms with van der Waals surface area (Å²) < 4.78 is 5.28. The van der Waals surface area contributed by atoms with E-state index < -0.39 is 0 Å². The molecule has 0 atom stereocenters. The van der Waals surface area contributed by atoms with Gasteiger partial charge < -0.3 is 15.4 Å². The van der Waals surface area contributed by atoms with Gasteiger partial charge in [0.1, 0.15) is 5.75 Å². The zero-order valence-corrected chi connectivity index (χ0v) is 14.4. The monoisotopic (exact) mass is 363 g/mol. The molecule has 7 heteroatoms. The first-order valence-electron chi connectivity index (χ1n) is 7.36. The zero-order chi connectivity index (χ0) is 17.3. The Balaban J connectivity index is 1.89. The van der Waals surface area contributed by atoms with Gasteiger partial charge in [0.15, 0.2) is 5.82 Å². The van der Waals surface area contributed by atoms with Gasteiger partial charge in [0.05, 0.1) is 21.3 Å². The van der Waals surface area contributed by atoms with Crippen molar-refractivity contribution in [1.29, 1.82) is 0 Å². The molecule has 0 fully saturated rings. The van der Waals surface area contributed by atoms with Crippen LogP contribution in [0.3, 0.4) is 0 Å². The molecule has 0 saturated heterocycles. The highest BCUT2D eigenvalue weighted by atomic mass is 35.5. The van der Waals surface area contributed by atoms with Crippen molar-refractivity contribution in [3.63, 3.8) is 0 Å². The summed E-state index contributed by atoms with van der Waals surface area (Å²) in [5.41, 5.74) is 8.47. The molecule has 0 aliphatic carbocycles. The van der Waals surface area contributed by atoms with Crippen LogP contribution < -0.4 is 5.73 Å². The van der Waals surface area contributed by atoms with E-state index in [-0.39, 0.29) is 11.6 Å². The number of hydrogen-bond donors (Lipinski definition) is 2. The van der Waals surface area contributed by atoms with E-state index in [2.05, 4.69) is 10.1 Å². The van der Waals surface area contributed by atoms with Gasteiger partial charge in [-0.3, -0.25) is 0 Å². The number of nitrogen functional groups attached to an aromatic ring is 1. The van der Waals surface area contributed by atoms with Gasteiger partial charge in [-0.15, -0.1) is 0 Å². The van der Waals surface area contributed by atoms with Gasteiger partial charge in [0.25, 0.3) is 5.89 Å². The van der Waals surface area contributed by atoms with Crippen LogP contribution in [0.25, 0.3) is 11.5 Å². The van der Waals surface area contributed by atoms with Gasteiger partial charge in [0, 0.05) is 6.42 Å². The minimum atomic E-state index is 0.0981. The molecule has 0 aliphatic rings. The van der Waals surface area contributed by atoms with Crippen LogP contribution in [0.1, 0.15) is 23.9 Å². The molecule has 0 bridgehead atoms. The largest absolute Gasteiger partial charge is 0.507 e. The Morgan fingerprint density at radius 3 is 2.50 bits per heavy atom. The molecule has 3 aromatic rings. The lowest BCUT2D eigenvalue weighted by Gasteiger charge is -2.04. The summed E-state index contributed by atoms with van der Waals surface area (Å²) >= 11 is 12.1. The van der Waals surface area contributed by atoms with Crippen molar-refractivity contribution in [2.75, 3.05) is 5.73 Å². The summed E-state index contributed by atoms with van der Waals surface area (Å²) in [6.45, 7) is 2.03. The number of benzene rings is 2. The molecule has 0 radical (unpaired) electrons. The third kappa shape index (κ3) is 3.32. The maximum Gasteiger partial charge on any atom is 0.261 e. The highest BCUT2D eigenvalue weighted by Crippen LogP contribution is 2.31. The number of aromatic hydroxyl groups is 1. The topological polar surface area (TPSA) is 85.2 Å². The summed E-state index contributed by atoms with van der Waals surface area (Å²) in [7, 11) is 0. The van der Waals surface area contributed by atoms with E-state index in [9.17, 15) is 5.11 Å². The number of aryl methyl sites for hydroxylation is 1. The van der Waals surface area contributed by atoms with E-state index in [0.717, 1.165) is 17.5 Å². The molecule has 24 heavy (non-hydrogen) atoms. The molecule has 124 valence electrons. The fourth-order valence-corrected chi connectivity index (χ4v) is 2.86. The molecule has 3 N–H and O–H groups in total. The number of nitrogens with zero attached hydrogens (tertiary/aromatic N) is 2. The molecular weight excluding hydrogens is 349 g/mol.